The van der Waals surface area contributed by atoms with Crippen molar-refractivity contribution < 1.29 is 14.3 Å². The number of nitrogens with one attached hydrogen (secondary N) is 2. The predicted molar refractivity (Wildman–Crippen MR) is 151 cm³/mol. The largest absolute Gasteiger partial charge is 0.491 e. The van der Waals surface area contributed by atoms with Crippen LogP contribution in [-0.2, 0) is 17.8 Å². The van der Waals surface area contributed by atoms with Crippen molar-refractivity contribution in [2.24, 2.45) is 5.92 Å². The number of aromatic amines is 1. The van der Waals surface area contributed by atoms with E-state index in [1.807, 2.05) is 60.7 Å². The molecule has 198 valence electrons. The number of ether oxygens (including phenoxy) is 2. The van der Waals surface area contributed by atoms with Gasteiger partial charge in [-0.3, -0.25) is 9.89 Å². The molecule has 2 N–H and O–H groups in total. The lowest BCUT2D eigenvalue weighted by Crippen LogP contribution is -2.30. The first-order valence-electron chi connectivity index (χ1n) is 13.5. The molecule has 1 fully saturated rings. The Hall–Kier alpha value is -3.68. The Morgan fingerprint density at radius 1 is 1.00 bits per heavy atom. The number of nitrogens with zero attached hydrogens (tertiary/aromatic N) is 2. The van der Waals surface area contributed by atoms with E-state index >= 15 is 0 Å². The van der Waals surface area contributed by atoms with E-state index in [4.69, 9.17) is 9.47 Å². The first kappa shape index (κ1) is 25.9. The van der Waals surface area contributed by atoms with Gasteiger partial charge in [-0.2, -0.15) is 5.10 Å². The molecule has 0 spiro atoms. The summed E-state index contributed by atoms with van der Waals surface area (Å²) in [6.45, 7) is 3.90. The van der Waals surface area contributed by atoms with Crippen molar-refractivity contribution in [3.63, 3.8) is 0 Å². The smallest absolute Gasteiger partial charge is 0.256 e. The lowest BCUT2D eigenvalue weighted by Gasteiger charge is -2.28. The van der Waals surface area contributed by atoms with Gasteiger partial charge in [0.05, 0.1) is 18.7 Å². The van der Waals surface area contributed by atoms with E-state index in [2.05, 4.69) is 39.6 Å². The quantitative estimate of drug-likeness (QED) is 0.253. The van der Waals surface area contributed by atoms with Gasteiger partial charge in [-0.25, -0.2) is 0 Å². The molecule has 0 bridgehead atoms. The zero-order chi connectivity index (χ0) is 26.2. The summed E-state index contributed by atoms with van der Waals surface area (Å²) in [5.41, 5.74) is 3.84. The van der Waals surface area contributed by atoms with E-state index in [9.17, 15) is 4.79 Å². The Bertz CT molecular complexity index is 1310. The molecule has 0 unspecified atom stereocenters. The number of carbonyl (C=O) groups is 1. The second-order valence-electron chi connectivity index (χ2n) is 10.1. The average Bonchev–Trinajstić information content (AvgIpc) is 3.35. The molecule has 7 nitrogen and oxygen atoms in total. The zero-order valence-electron chi connectivity index (χ0n) is 22.0. The highest BCUT2D eigenvalue weighted by atomic mass is 16.5. The molecular formula is C31H36N4O3. The Kier molecular flexibility index (Phi) is 8.68. The van der Waals surface area contributed by atoms with Crippen molar-refractivity contribution in [2.75, 3.05) is 38.7 Å². The molecule has 1 aliphatic rings. The van der Waals surface area contributed by atoms with Crippen LogP contribution in [0.2, 0.25) is 0 Å². The van der Waals surface area contributed by atoms with E-state index in [0.717, 1.165) is 34.6 Å². The van der Waals surface area contributed by atoms with Crippen molar-refractivity contribution in [3.8, 4) is 5.75 Å². The molecule has 5 rings (SSSR count). The van der Waals surface area contributed by atoms with Crippen LogP contribution in [-0.4, -0.2) is 54.4 Å². The Morgan fingerprint density at radius 3 is 2.58 bits per heavy atom. The number of rotatable bonds is 11. The molecule has 0 aliphatic carbocycles. The van der Waals surface area contributed by atoms with Gasteiger partial charge >= 0.3 is 0 Å². The minimum Gasteiger partial charge on any atom is -0.491 e. The number of piperidine rings is 1. The Labute approximate surface area is 224 Å². The summed E-state index contributed by atoms with van der Waals surface area (Å²) < 4.78 is 11.5. The van der Waals surface area contributed by atoms with E-state index in [-0.39, 0.29) is 5.91 Å². The lowest BCUT2D eigenvalue weighted by atomic mass is 9.90. The fraction of sp³-hybridized carbons (Fsp3) is 0.355. The first-order valence-corrected chi connectivity index (χ1v) is 13.5. The van der Waals surface area contributed by atoms with Crippen LogP contribution in [0, 0.1) is 5.92 Å². The maximum Gasteiger partial charge on any atom is 0.256 e. The van der Waals surface area contributed by atoms with Gasteiger partial charge in [0.1, 0.15) is 12.4 Å². The number of amides is 1. The molecule has 1 amide bonds. The Morgan fingerprint density at radius 2 is 1.79 bits per heavy atom. The van der Waals surface area contributed by atoms with Crippen LogP contribution in [0.25, 0.3) is 10.9 Å². The number of hydrogen-bond donors (Lipinski definition) is 2. The van der Waals surface area contributed by atoms with Crippen molar-refractivity contribution in [2.45, 2.75) is 32.3 Å². The standard InChI is InChI=1S/C31H36N4O3/c1-35-17-15-24(16-18-35)8-7-23-9-11-26(12-10-23)31(36)32-30-28-14-13-27(21-29(28)33-34-30)38-20-19-37-22-25-5-3-2-4-6-25/h2-6,9-14,21,24H,7-8,15-20,22H2,1H3,(H2,32,33,34,36). The number of aromatic nitrogens is 2. The number of hydrogen-bond acceptors (Lipinski definition) is 5. The zero-order valence-corrected chi connectivity index (χ0v) is 22.0. The average molecular weight is 513 g/mol. The second kappa shape index (κ2) is 12.7. The van der Waals surface area contributed by atoms with Crippen LogP contribution in [0.5, 0.6) is 5.75 Å². The van der Waals surface area contributed by atoms with Crippen molar-refractivity contribution >= 4 is 22.6 Å². The monoisotopic (exact) mass is 512 g/mol. The molecule has 3 aromatic carbocycles. The summed E-state index contributed by atoms with van der Waals surface area (Å²) >= 11 is 0. The third kappa shape index (κ3) is 7.00. The number of aryl methyl sites for hydroxylation is 1. The van der Waals surface area contributed by atoms with Gasteiger partial charge < -0.3 is 19.7 Å². The number of fused-ring (bicyclic) bond motifs is 1. The van der Waals surface area contributed by atoms with Crippen LogP contribution in [0.4, 0.5) is 5.82 Å². The fourth-order valence-electron chi connectivity index (χ4n) is 4.89. The van der Waals surface area contributed by atoms with Gasteiger partial charge in [-0.15, -0.1) is 0 Å². The second-order valence-corrected chi connectivity index (χ2v) is 10.1. The summed E-state index contributed by atoms with van der Waals surface area (Å²) in [5.74, 6) is 1.87. The van der Waals surface area contributed by atoms with Gasteiger partial charge in [0, 0.05) is 17.0 Å². The third-order valence-corrected chi connectivity index (χ3v) is 7.27. The summed E-state index contributed by atoms with van der Waals surface area (Å²) in [7, 11) is 2.20. The molecule has 1 aliphatic heterocycles. The van der Waals surface area contributed by atoms with Gasteiger partial charge in [0.25, 0.3) is 5.91 Å². The predicted octanol–water partition coefficient (Wildman–Crippen LogP) is 5.69. The van der Waals surface area contributed by atoms with E-state index in [0.29, 0.717) is 31.2 Å². The molecule has 0 radical (unpaired) electrons. The molecular weight excluding hydrogens is 476 g/mol. The fourth-order valence-corrected chi connectivity index (χ4v) is 4.89. The van der Waals surface area contributed by atoms with Crippen molar-refractivity contribution in [1.29, 1.82) is 0 Å². The van der Waals surface area contributed by atoms with Crippen LogP contribution >= 0.6 is 0 Å². The van der Waals surface area contributed by atoms with E-state index in [1.165, 1.54) is 37.9 Å². The highest BCUT2D eigenvalue weighted by Gasteiger charge is 2.17. The SMILES string of the molecule is CN1CCC(CCc2ccc(C(=O)Nc3n[nH]c4cc(OCCOCc5ccccc5)ccc34)cc2)CC1. The maximum atomic E-state index is 12.9. The molecule has 0 saturated carbocycles. The Balaban J connectivity index is 1.09. The molecule has 38 heavy (non-hydrogen) atoms. The third-order valence-electron chi connectivity index (χ3n) is 7.27. The van der Waals surface area contributed by atoms with Gasteiger partial charge in [0.2, 0.25) is 0 Å². The molecule has 2 heterocycles. The minimum atomic E-state index is -0.170. The number of anilines is 1. The van der Waals surface area contributed by atoms with Crippen molar-refractivity contribution in [3.05, 3.63) is 89.5 Å². The number of H-pyrrole nitrogens is 1. The molecule has 0 atom stereocenters. The highest BCUT2D eigenvalue weighted by Crippen LogP contribution is 2.26. The van der Waals surface area contributed by atoms with Gasteiger partial charge in [-0.1, -0.05) is 42.5 Å². The maximum absolute atomic E-state index is 12.9. The summed E-state index contributed by atoms with van der Waals surface area (Å²) in [6, 6.07) is 23.7. The van der Waals surface area contributed by atoms with E-state index < -0.39 is 0 Å². The van der Waals surface area contributed by atoms with Crippen LogP contribution in [0.15, 0.2) is 72.8 Å². The number of carbonyl (C=O) groups excluding carboxylic acids is 1. The highest BCUT2D eigenvalue weighted by molar-refractivity contribution is 6.07. The van der Waals surface area contributed by atoms with Gasteiger partial charge in [0.15, 0.2) is 5.82 Å². The van der Waals surface area contributed by atoms with Crippen LogP contribution in [0.1, 0.15) is 40.7 Å². The summed E-state index contributed by atoms with van der Waals surface area (Å²) in [5, 5.41) is 11.1. The summed E-state index contributed by atoms with van der Waals surface area (Å²) in [6.07, 6.45) is 4.84. The van der Waals surface area contributed by atoms with Gasteiger partial charge in [-0.05, 0) is 87.1 Å². The topological polar surface area (TPSA) is 79.5 Å². The lowest BCUT2D eigenvalue weighted by molar-refractivity contribution is 0.0889. The van der Waals surface area contributed by atoms with Crippen LogP contribution < -0.4 is 10.1 Å². The first-order chi connectivity index (χ1) is 18.6. The molecule has 1 aromatic heterocycles. The molecule has 1 saturated heterocycles. The number of benzene rings is 3. The van der Waals surface area contributed by atoms with Crippen molar-refractivity contribution in [1.82, 2.24) is 15.1 Å². The minimum absolute atomic E-state index is 0.170. The molecule has 4 aromatic rings. The molecule has 7 heteroatoms. The number of likely N-dealkylation sites (tertiary alicyclic amines) is 1. The van der Waals surface area contributed by atoms with E-state index in [1.54, 1.807) is 0 Å². The normalized spacial score (nSPS) is 14.6. The van der Waals surface area contributed by atoms with Crippen LogP contribution in [0.3, 0.4) is 0 Å². The summed E-state index contributed by atoms with van der Waals surface area (Å²) in [4.78, 5) is 15.3.